The summed E-state index contributed by atoms with van der Waals surface area (Å²) >= 11 is 0. The number of aliphatic carboxylic acids is 1. The van der Waals surface area contributed by atoms with E-state index in [9.17, 15) is 9.59 Å². The molecular formula is C11H18N4O3. The Bertz CT molecular complexity index is 391. The molecule has 0 aliphatic heterocycles. The zero-order valence-corrected chi connectivity index (χ0v) is 10.5. The predicted molar refractivity (Wildman–Crippen MR) is 63.7 cm³/mol. The molecule has 1 aromatic heterocycles. The first-order valence-electron chi connectivity index (χ1n) is 5.90. The lowest BCUT2D eigenvalue weighted by atomic mass is 9.99. The second kappa shape index (κ2) is 6.73. The van der Waals surface area contributed by atoms with Gasteiger partial charge in [0.25, 0.3) is 0 Å². The molecule has 7 nitrogen and oxygen atoms in total. The predicted octanol–water partition coefficient (Wildman–Crippen LogP) is 0.284. The second-order valence-electron chi connectivity index (χ2n) is 4.19. The van der Waals surface area contributed by atoms with E-state index < -0.39 is 12.0 Å². The number of aromatic nitrogens is 3. The number of aryl methyl sites for hydroxylation is 1. The van der Waals surface area contributed by atoms with Crippen molar-refractivity contribution >= 4 is 11.9 Å². The van der Waals surface area contributed by atoms with Gasteiger partial charge in [0, 0.05) is 12.6 Å². The molecule has 1 aromatic rings. The fraction of sp³-hybridized carbons (Fsp3) is 0.636. The lowest BCUT2D eigenvalue weighted by molar-refractivity contribution is -0.143. The summed E-state index contributed by atoms with van der Waals surface area (Å²) in [4.78, 5) is 22.7. The Labute approximate surface area is 105 Å². The number of carbonyl (C=O) groups excluding carboxylic acids is 1. The van der Waals surface area contributed by atoms with Crippen LogP contribution in [-0.4, -0.2) is 38.0 Å². The van der Waals surface area contributed by atoms with Crippen molar-refractivity contribution in [2.45, 2.75) is 39.3 Å². The standard InChI is InChI=1S/C11H18N4O3/c1-3-8(2)10(11(17)18)13-9(16)4-6-15-7-5-12-14-15/h5,7-8,10H,3-4,6H2,1-2H3,(H,13,16)(H,17,18)/t8-,10-/m0/s1. The van der Waals surface area contributed by atoms with Crippen molar-refractivity contribution in [1.29, 1.82) is 0 Å². The van der Waals surface area contributed by atoms with Gasteiger partial charge in [-0.15, -0.1) is 5.10 Å². The van der Waals surface area contributed by atoms with Crippen LogP contribution in [0.2, 0.25) is 0 Å². The molecule has 0 aromatic carbocycles. The SMILES string of the molecule is CC[C@H](C)[C@H](NC(=O)CCn1ccnn1)C(=O)O. The number of carbonyl (C=O) groups is 2. The van der Waals surface area contributed by atoms with Crippen LogP contribution < -0.4 is 5.32 Å². The summed E-state index contributed by atoms with van der Waals surface area (Å²) in [6.07, 6.45) is 4.05. The van der Waals surface area contributed by atoms with Gasteiger partial charge in [-0.3, -0.25) is 9.48 Å². The van der Waals surface area contributed by atoms with E-state index in [1.165, 1.54) is 10.9 Å². The number of hydrogen-bond acceptors (Lipinski definition) is 4. The van der Waals surface area contributed by atoms with E-state index in [2.05, 4.69) is 15.6 Å². The molecule has 0 aliphatic carbocycles. The molecule has 0 saturated heterocycles. The summed E-state index contributed by atoms with van der Waals surface area (Å²) in [5.41, 5.74) is 0. The number of rotatable bonds is 7. The molecule has 2 atom stereocenters. The van der Waals surface area contributed by atoms with Crippen LogP contribution in [0.25, 0.3) is 0 Å². The largest absolute Gasteiger partial charge is 0.480 e. The van der Waals surface area contributed by atoms with Gasteiger partial charge in [0.2, 0.25) is 5.91 Å². The third-order valence-electron chi connectivity index (χ3n) is 2.84. The van der Waals surface area contributed by atoms with Crippen LogP contribution >= 0.6 is 0 Å². The highest BCUT2D eigenvalue weighted by Crippen LogP contribution is 2.08. The zero-order valence-electron chi connectivity index (χ0n) is 10.5. The average molecular weight is 254 g/mol. The highest BCUT2D eigenvalue weighted by atomic mass is 16.4. The summed E-state index contributed by atoms with van der Waals surface area (Å²) in [7, 11) is 0. The summed E-state index contributed by atoms with van der Waals surface area (Å²) < 4.78 is 1.53. The fourth-order valence-electron chi connectivity index (χ4n) is 1.50. The summed E-state index contributed by atoms with van der Waals surface area (Å²) in [5.74, 6) is -1.39. The Kier molecular flexibility index (Phi) is 5.29. The molecule has 0 bridgehead atoms. The van der Waals surface area contributed by atoms with Crippen molar-refractivity contribution in [3.63, 3.8) is 0 Å². The second-order valence-corrected chi connectivity index (χ2v) is 4.19. The van der Waals surface area contributed by atoms with E-state index in [4.69, 9.17) is 5.11 Å². The van der Waals surface area contributed by atoms with Crippen LogP contribution in [0.1, 0.15) is 26.7 Å². The summed E-state index contributed by atoms with van der Waals surface area (Å²) in [6.45, 7) is 4.08. The maximum Gasteiger partial charge on any atom is 0.326 e. The van der Waals surface area contributed by atoms with Gasteiger partial charge < -0.3 is 10.4 Å². The molecule has 0 unspecified atom stereocenters. The van der Waals surface area contributed by atoms with Crippen molar-refractivity contribution in [3.05, 3.63) is 12.4 Å². The Morgan fingerprint density at radius 2 is 2.22 bits per heavy atom. The molecule has 0 saturated carbocycles. The lowest BCUT2D eigenvalue weighted by Crippen LogP contribution is -2.45. The molecule has 18 heavy (non-hydrogen) atoms. The van der Waals surface area contributed by atoms with Crippen molar-refractivity contribution in [1.82, 2.24) is 20.3 Å². The van der Waals surface area contributed by atoms with Crippen molar-refractivity contribution < 1.29 is 14.7 Å². The molecule has 0 fully saturated rings. The van der Waals surface area contributed by atoms with Crippen LogP contribution in [0, 0.1) is 5.92 Å². The molecule has 2 N–H and O–H groups in total. The number of nitrogens with one attached hydrogen (secondary N) is 1. The van der Waals surface area contributed by atoms with E-state index >= 15 is 0 Å². The minimum Gasteiger partial charge on any atom is -0.480 e. The molecular weight excluding hydrogens is 236 g/mol. The quantitative estimate of drug-likeness (QED) is 0.728. The van der Waals surface area contributed by atoms with E-state index in [0.29, 0.717) is 13.0 Å². The van der Waals surface area contributed by atoms with Gasteiger partial charge in [0.05, 0.1) is 12.7 Å². The number of hydrogen-bond donors (Lipinski definition) is 2. The average Bonchev–Trinajstić information content (AvgIpc) is 2.85. The van der Waals surface area contributed by atoms with Gasteiger partial charge in [-0.2, -0.15) is 0 Å². The third kappa shape index (κ3) is 4.15. The van der Waals surface area contributed by atoms with Crippen molar-refractivity contribution in [2.75, 3.05) is 0 Å². The number of nitrogens with zero attached hydrogens (tertiary/aromatic N) is 3. The molecule has 1 rings (SSSR count). The minimum absolute atomic E-state index is 0.0992. The fourth-order valence-corrected chi connectivity index (χ4v) is 1.50. The van der Waals surface area contributed by atoms with E-state index in [1.807, 2.05) is 6.92 Å². The van der Waals surface area contributed by atoms with Gasteiger partial charge in [0.15, 0.2) is 0 Å². The Hall–Kier alpha value is -1.92. The van der Waals surface area contributed by atoms with E-state index in [-0.39, 0.29) is 18.2 Å². The Balaban J connectivity index is 2.44. The number of amides is 1. The highest BCUT2D eigenvalue weighted by molar-refractivity contribution is 5.83. The minimum atomic E-state index is -1.00. The van der Waals surface area contributed by atoms with Crippen LogP contribution in [0.3, 0.4) is 0 Å². The van der Waals surface area contributed by atoms with Crippen molar-refractivity contribution in [2.24, 2.45) is 5.92 Å². The molecule has 1 heterocycles. The monoisotopic (exact) mass is 254 g/mol. The third-order valence-corrected chi connectivity index (χ3v) is 2.84. The van der Waals surface area contributed by atoms with Gasteiger partial charge in [-0.05, 0) is 5.92 Å². The van der Waals surface area contributed by atoms with Gasteiger partial charge in [-0.25, -0.2) is 4.79 Å². The van der Waals surface area contributed by atoms with Gasteiger partial charge >= 0.3 is 5.97 Å². The molecule has 0 aliphatic rings. The van der Waals surface area contributed by atoms with Crippen molar-refractivity contribution in [3.8, 4) is 0 Å². The van der Waals surface area contributed by atoms with Crippen LogP contribution in [0.15, 0.2) is 12.4 Å². The van der Waals surface area contributed by atoms with Gasteiger partial charge in [-0.1, -0.05) is 25.5 Å². The van der Waals surface area contributed by atoms with Crippen LogP contribution in [0.5, 0.6) is 0 Å². The highest BCUT2D eigenvalue weighted by Gasteiger charge is 2.24. The summed E-state index contributed by atoms with van der Waals surface area (Å²) in [5, 5.41) is 18.9. The van der Waals surface area contributed by atoms with Crippen LogP contribution in [-0.2, 0) is 16.1 Å². The molecule has 0 radical (unpaired) electrons. The number of carboxylic acid groups (broad SMARTS) is 1. The molecule has 100 valence electrons. The smallest absolute Gasteiger partial charge is 0.326 e. The topological polar surface area (TPSA) is 97.1 Å². The zero-order chi connectivity index (χ0) is 13.5. The number of carboxylic acids is 1. The first-order valence-corrected chi connectivity index (χ1v) is 5.90. The van der Waals surface area contributed by atoms with Gasteiger partial charge in [0.1, 0.15) is 6.04 Å². The van der Waals surface area contributed by atoms with E-state index in [1.54, 1.807) is 13.1 Å². The first kappa shape index (κ1) is 14.1. The maximum atomic E-state index is 11.6. The lowest BCUT2D eigenvalue weighted by Gasteiger charge is -2.20. The maximum absolute atomic E-state index is 11.6. The Morgan fingerprint density at radius 3 is 2.72 bits per heavy atom. The molecule has 1 amide bonds. The molecule has 0 spiro atoms. The Morgan fingerprint density at radius 1 is 1.50 bits per heavy atom. The normalized spacial score (nSPS) is 13.9. The first-order chi connectivity index (χ1) is 8.54. The van der Waals surface area contributed by atoms with E-state index in [0.717, 1.165) is 0 Å². The summed E-state index contributed by atoms with van der Waals surface area (Å²) in [6, 6.07) is -0.835. The molecule has 7 heteroatoms. The van der Waals surface area contributed by atoms with Crippen LogP contribution in [0.4, 0.5) is 0 Å².